The average Bonchev–Trinajstić information content (AvgIpc) is 0.725. The van der Waals surface area contributed by atoms with Gasteiger partial charge in [0.1, 0.15) is 24.4 Å². The van der Waals surface area contributed by atoms with E-state index in [-0.39, 0.29) is 88.4 Å². The van der Waals surface area contributed by atoms with E-state index in [1.165, 1.54) is 23.6 Å². The Morgan fingerprint density at radius 3 is 1.07 bits per heavy atom. The fraction of sp³-hybridized carbons (Fsp3) is 0.418. The minimum absolute atomic E-state index is 0.0247. The third-order valence-electron chi connectivity index (χ3n) is 18.2. The summed E-state index contributed by atoms with van der Waals surface area (Å²) >= 11 is 0. The standard InChI is InChI=1S/C43H47F6N3O5.C36H40F6N2O6/c1-30(33-22-35(42(44,45)46)24-36(23-33)43(47,48)49)56-29-41(34-18-12-7-13-19-34)21-20-40(51-37(53)57-39(2,3)4,27-50-25-31-14-8-5-9-15-31)28-52(41)38(54)55-26-32-16-10-6-11-17-32;1-24(26-17-28(35(37,38)39)19-29(18-26)36(40,41)42)49-23-34(27-13-9-6-10-14-27)16-15-33(22-45,43-30(46)50-32(2,3)4)21-44(34)31(47)48-20-25-11-7-5-8-12-25/h5-19,22-24,30,50H,20-21,25-29H2,1-4H3,(H,51,53);5-14,17-19,24,45H,15-16,20-23H2,1-4H3,(H,43,46)/t30-,40?,41-;24-,33?,34-/m11/s1. The molecule has 2 aliphatic rings. The second-order valence-corrected chi connectivity index (χ2v) is 28.7. The van der Waals surface area contributed by atoms with Crippen molar-refractivity contribution in [1.29, 1.82) is 0 Å². The van der Waals surface area contributed by atoms with Gasteiger partial charge < -0.3 is 49.5 Å². The lowest BCUT2D eigenvalue weighted by atomic mass is 9.74. The van der Waals surface area contributed by atoms with Gasteiger partial charge in [-0.2, -0.15) is 52.7 Å². The Morgan fingerprint density at radius 1 is 0.439 bits per heavy atom. The SMILES string of the molecule is C[C@@H](OC[C@@]1(c2ccccc2)CCC(CNCc2ccccc2)(NC(=O)OC(C)(C)C)CN1C(=O)OCc1ccccc1)c1cc(C(F)(F)F)cc(C(F)(F)F)c1.C[C@@H](OC[C@@]1(c2ccccc2)CCC(CO)(NC(=O)OC(C)(C)C)CN1C(=O)OCc1ccccc1)c1cc(C(F)(F)F)cc(C(F)(F)F)c1. The molecule has 16 nitrogen and oxygen atoms in total. The molecule has 2 fully saturated rings. The number of likely N-dealkylation sites (tertiary alicyclic amines) is 2. The van der Waals surface area contributed by atoms with Crippen LogP contribution in [0.2, 0.25) is 0 Å². The van der Waals surface area contributed by atoms with E-state index in [9.17, 15) is 77.0 Å². The van der Waals surface area contributed by atoms with Crippen LogP contribution in [-0.2, 0) is 84.0 Å². The van der Waals surface area contributed by atoms with Gasteiger partial charge in [-0.3, -0.25) is 9.80 Å². The van der Waals surface area contributed by atoms with Crippen molar-refractivity contribution >= 4 is 24.4 Å². The first kappa shape index (κ1) is 83.3. The van der Waals surface area contributed by atoms with Crippen molar-refractivity contribution in [2.45, 2.75) is 171 Å². The fourth-order valence-corrected chi connectivity index (χ4v) is 12.7. The third-order valence-corrected chi connectivity index (χ3v) is 18.2. The zero-order valence-corrected chi connectivity index (χ0v) is 60.2. The number of aliphatic hydroxyl groups is 1. The average molecular weight is 1510 g/mol. The van der Waals surface area contributed by atoms with Crippen LogP contribution < -0.4 is 16.0 Å². The van der Waals surface area contributed by atoms with Crippen molar-refractivity contribution in [1.82, 2.24) is 25.8 Å². The van der Waals surface area contributed by atoms with E-state index in [2.05, 4.69) is 16.0 Å². The topological polar surface area (TPSA) is 186 Å². The summed E-state index contributed by atoms with van der Waals surface area (Å²) in [5.41, 5.74) is -10.2. The van der Waals surface area contributed by atoms with E-state index in [0.29, 0.717) is 53.1 Å². The summed E-state index contributed by atoms with van der Waals surface area (Å²) in [6.45, 7) is 11.4. The molecule has 2 aliphatic heterocycles. The van der Waals surface area contributed by atoms with Crippen LogP contribution in [0.4, 0.5) is 71.9 Å². The van der Waals surface area contributed by atoms with Crippen LogP contribution in [0.1, 0.15) is 154 Å². The van der Waals surface area contributed by atoms with Gasteiger partial charge in [0, 0.05) is 19.6 Å². The summed E-state index contributed by atoms with van der Waals surface area (Å²) in [6.07, 6.45) is -25.5. The van der Waals surface area contributed by atoms with Crippen molar-refractivity contribution in [2.75, 3.05) is 39.5 Å². The Balaban J connectivity index is 0.000000272. The second kappa shape index (κ2) is 34.2. The number of alkyl carbamates (subject to hydrolysis) is 2. The maximum absolute atomic E-state index is 14.5. The number of nitrogens with one attached hydrogen (secondary N) is 3. The van der Waals surface area contributed by atoms with Crippen LogP contribution in [0.5, 0.6) is 0 Å². The van der Waals surface area contributed by atoms with E-state index in [0.717, 1.165) is 5.56 Å². The molecule has 107 heavy (non-hydrogen) atoms. The van der Waals surface area contributed by atoms with Crippen molar-refractivity contribution in [3.05, 3.63) is 249 Å². The predicted octanol–water partition coefficient (Wildman–Crippen LogP) is 18.6. The number of carbonyl (C=O) groups is 4. The number of amides is 4. The molecule has 2 unspecified atom stereocenters. The number of hydrogen-bond donors (Lipinski definition) is 4. The molecular weight excluding hydrogens is 1420 g/mol. The Labute approximate surface area is 613 Å². The molecule has 578 valence electrons. The van der Waals surface area contributed by atoms with Gasteiger partial charge >= 0.3 is 49.1 Å². The van der Waals surface area contributed by atoms with Crippen molar-refractivity contribution in [3.63, 3.8) is 0 Å². The molecule has 2 saturated heterocycles. The molecule has 4 N–H and O–H groups in total. The van der Waals surface area contributed by atoms with Gasteiger partial charge in [0.15, 0.2) is 0 Å². The molecule has 7 aromatic rings. The fourth-order valence-electron chi connectivity index (χ4n) is 12.7. The third kappa shape index (κ3) is 22.8. The van der Waals surface area contributed by atoms with Gasteiger partial charge in [0.2, 0.25) is 0 Å². The normalized spacial score (nSPS) is 20.0. The Kier molecular flexibility index (Phi) is 26.6. The van der Waals surface area contributed by atoms with Crippen LogP contribution in [0.25, 0.3) is 0 Å². The number of nitrogens with zero attached hydrogens (tertiary/aromatic N) is 2. The lowest BCUT2D eigenvalue weighted by Gasteiger charge is -2.53. The number of benzene rings is 7. The zero-order chi connectivity index (χ0) is 78.4. The first-order chi connectivity index (χ1) is 50.1. The Bertz CT molecular complexity index is 4010. The first-order valence-corrected chi connectivity index (χ1v) is 34.3. The minimum Gasteiger partial charge on any atom is -0.445 e. The smallest absolute Gasteiger partial charge is 0.416 e. The molecule has 0 radical (unpaired) electrons. The van der Waals surface area contributed by atoms with Crippen molar-refractivity contribution in [3.8, 4) is 0 Å². The minimum atomic E-state index is -5.06. The molecule has 0 saturated carbocycles. The number of rotatable bonds is 21. The maximum atomic E-state index is 14.5. The first-order valence-electron chi connectivity index (χ1n) is 34.3. The monoisotopic (exact) mass is 1510 g/mol. The van der Waals surface area contributed by atoms with E-state index in [4.69, 9.17) is 28.4 Å². The number of piperidine rings is 2. The van der Waals surface area contributed by atoms with Gasteiger partial charge in [-0.25, -0.2) is 19.2 Å². The van der Waals surface area contributed by atoms with E-state index in [1.807, 2.05) is 36.4 Å². The van der Waals surface area contributed by atoms with Crippen LogP contribution in [-0.4, -0.2) is 101 Å². The number of ether oxygens (including phenoxy) is 6. The quantitative estimate of drug-likeness (QED) is 0.0395. The molecule has 0 aromatic heterocycles. The number of carbonyl (C=O) groups excluding carboxylic acids is 4. The highest BCUT2D eigenvalue weighted by Crippen LogP contribution is 2.47. The van der Waals surface area contributed by atoms with Crippen LogP contribution in [0, 0.1) is 0 Å². The molecule has 9 rings (SSSR count). The number of aliphatic hydroxyl groups excluding tert-OH is 1. The highest BCUT2D eigenvalue weighted by molar-refractivity contribution is 5.73. The summed E-state index contributed by atoms with van der Waals surface area (Å²) in [4.78, 5) is 57.7. The van der Waals surface area contributed by atoms with Gasteiger partial charge in [0.25, 0.3) is 0 Å². The second-order valence-electron chi connectivity index (χ2n) is 28.7. The summed E-state index contributed by atoms with van der Waals surface area (Å²) in [7, 11) is 0. The Hall–Kier alpha value is -9.38. The van der Waals surface area contributed by atoms with Crippen molar-refractivity contribution in [2.24, 2.45) is 0 Å². The number of halogens is 12. The zero-order valence-electron chi connectivity index (χ0n) is 60.2. The summed E-state index contributed by atoms with van der Waals surface area (Å²) in [5.74, 6) is 0. The van der Waals surface area contributed by atoms with Gasteiger partial charge in [-0.15, -0.1) is 0 Å². The molecule has 28 heteroatoms. The van der Waals surface area contributed by atoms with Crippen molar-refractivity contribution < 1.29 is 105 Å². The molecule has 6 atom stereocenters. The largest absolute Gasteiger partial charge is 0.445 e. The summed E-state index contributed by atoms with van der Waals surface area (Å²) in [5, 5.41) is 19.8. The molecular formula is C79H87F12N5O11. The summed E-state index contributed by atoms with van der Waals surface area (Å²) < 4.78 is 200. The molecule has 0 spiro atoms. The Morgan fingerprint density at radius 2 is 0.748 bits per heavy atom. The molecule has 7 aromatic carbocycles. The number of hydrogen-bond acceptors (Lipinski definition) is 12. The molecule has 0 aliphatic carbocycles. The van der Waals surface area contributed by atoms with Crippen LogP contribution >= 0.6 is 0 Å². The predicted molar refractivity (Wildman–Crippen MR) is 372 cm³/mol. The highest BCUT2D eigenvalue weighted by atomic mass is 19.4. The lowest BCUT2D eigenvalue weighted by molar-refractivity contribution is -0.145. The van der Waals surface area contributed by atoms with Gasteiger partial charge in [-0.1, -0.05) is 152 Å². The van der Waals surface area contributed by atoms with E-state index < -0.39 is 130 Å². The van der Waals surface area contributed by atoms with Crippen LogP contribution in [0.15, 0.2) is 188 Å². The number of alkyl halides is 12. The molecule has 0 bridgehead atoms. The lowest BCUT2D eigenvalue weighted by Crippen LogP contribution is -2.69. The maximum Gasteiger partial charge on any atom is 0.416 e. The van der Waals surface area contributed by atoms with E-state index >= 15 is 0 Å². The van der Waals surface area contributed by atoms with Gasteiger partial charge in [-0.05, 0) is 156 Å². The van der Waals surface area contributed by atoms with Gasteiger partial charge in [0.05, 0.1) is 83.0 Å². The van der Waals surface area contributed by atoms with Crippen LogP contribution in [0.3, 0.4) is 0 Å². The summed E-state index contributed by atoms with van der Waals surface area (Å²) in [6, 6.07) is 47.2. The highest BCUT2D eigenvalue weighted by Gasteiger charge is 2.55. The molecule has 2 heterocycles. The van der Waals surface area contributed by atoms with E-state index in [1.54, 1.807) is 157 Å². The molecule has 4 amide bonds.